The SMILES string of the molecule is NS(=O)(=O)[O][Bi]([O]S(N)(=O)=O)[O]S(N)(=O)=O. The Morgan fingerprint density at radius 3 is 0.938 bits per heavy atom. The van der Waals surface area contributed by atoms with E-state index in [1.165, 1.54) is 0 Å². The molecule has 0 radical (unpaired) electrons. The summed E-state index contributed by atoms with van der Waals surface area (Å²) in [5.41, 5.74) is 0. The molecule has 0 saturated heterocycles. The molecule has 0 spiro atoms. The van der Waals surface area contributed by atoms with Gasteiger partial charge in [-0.25, -0.2) is 0 Å². The van der Waals surface area contributed by atoms with Crippen molar-refractivity contribution < 1.29 is 32.0 Å². The van der Waals surface area contributed by atoms with E-state index in [-0.39, 0.29) is 0 Å². The first-order valence-electron chi connectivity index (χ1n) is 2.75. The molecule has 0 unspecified atom stereocenters. The molecular formula is H6BiN3O9S3. The van der Waals surface area contributed by atoms with Crippen LogP contribution in [0, 0.1) is 0 Å². The third kappa shape index (κ3) is 11.0. The second kappa shape index (κ2) is 5.42. The topological polar surface area (TPSA) is 208 Å². The fourth-order valence-corrected chi connectivity index (χ4v) is 9.64. The van der Waals surface area contributed by atoms with Crippen molar-refractivity contribution in [3.05, 3.63) is 0 Å². The third-order valence-corrected chi connectivity index (χ3v) is 13.0. The van der Waals surface area contributed by atoms with Gasteiger partial charge in [-0.05, 0) is 0 Å². The average Bonchev–Trinajstić information content (AvgIpc) is 1.70. The molecular weight excluding hydrogens is 491 g/mol. The molecule has 6 N–H and O–H groups in total. The Labute approximate surface area is 101 Å². The molecule has 0 aliphatic carbocycles. The van der Waals surface area contributed by atoms with Gasteiger partial charge < -0.3 is 0 Å². The molecule has 0 atom stereocenters. The van der Waals surface area contributed by atoms with Crippen LogP contribution in [0.4, 0.5) is 0 Å². The predicted molar refractivity (Wildman–Crippen MR) is 48.3 cm³/mol. The average molecular weight is 497 g/mol. The van der Waals surface area contributed by atoms with Crippen LogP contribution in [-0.2, 0) is 37.7 Å². The Morgan fingerprint density at radius 1 is 0.625 bits per heavy atom. The molecule has 0 heterocycles. The van der Waals surface area contributed by atoms with Crippen LogP contribution in [0.25, 0.3) is 0 Å². The molecule has 0 saturated carbocycles. The fourth-order valence-electron chi connectivity index (χ4n) is 0.292. The van der Waals surface area contributed by atoms with Gasteiger partial charge >= 0.3 is 101 Å². The Balaban J connectivity index is 4.93. The summed E-state index contributed by atoms with van der Waals surface area (Å²) in [6, 6.07) is 0. The molecule has 16 heteroatoms. The van der Waals surface area contributed by atoms with Crippen molar-refractivity contribution in [2.45, 2.75) is 0 Å². The molecule has 98 valence electrons. The van der Waals surface area contributed by atoms with Crippen molar-refractivity contribution in [3.8, 4) is 0 Å². The van der Waals surface area contributed by atoms with E-state index in [2.05, 4.69) is 22.2 Å². The van der Waals surface area contributed by atoms with E-state index in [1.54, 1.807) is 0 Å². The van der Waals surface area contributed by atoms with Crippen LogP contribution in [0.2, 0.25) is 0 Å². The number of nitrogens with two attached hydrogens (primary N) is 3. The van der Waals surface area contributed by atoms with Gasteiger partial charge in [0.1, 0.15) is 0 Å². The minimum absolute atomic E-state index is 3.78. The van der Waals surface area contributed by atoms with Crippen LogP contribution in [0.3, 0.4) is 0 Å². The van der Waals surface area contributed by atoms with Gasteiger partial charge in [-0.1, -0.05) is 0 Å². The van der Waals surface area contributed by atoms with Gasteiger partial charge in [-0.15, -0.1) is 0 Å². The van der Waals surface area contributed by atoms with Gasteiger partial charge in [0.25, 0.3) is 0 Å². The van der Waals surface area contributed by atoms with Crippen molar-refractivity contribution in [2.75, 3.05) is 0 Å². The molecule has 12 nitrogen and oxygen atoms in total. The number of rotatable bonds is 6. The molecule has 0 amide bonds. The molecule has 0 aromatic rings. The zero-order chi connectivity index (χ0) is 13.2. The Hall–Kier alpha value is 0.493. The summed E-state index contributed by atoms with van der Waals surface area (Å²) in [7, 11) is -14.0. The Kier molecular flexibility index (Phi) is 5.59. The predicted octanol–water partition coefficient (Wildman–Crippen LogP) is -4.37. The summed E-state index contributed by atoms with van der Waals surface area (Å²) < 4.78 is 73.7. The van der Waals surface area contributed by atoms with Crippen LogP contribution in [-0.4, -0.2) is 48.3 Å². The van der Waals surface area contributed by atoms with Crippen molar-refractivity contribution >= 4 is 54.0 Å². The van der Waals surface area contributed by atoms with E-state index in [1.807, 2.05) is 0 Å². The molecule has 0 fully saturated rings. The first-order chi connectivity index (χ1) is 6.79. The van der Waals surface area contributed by atoms with E-state index in [4.69, 9.17) is 0 Å². The van der Waals surface area contributed by atoms with E-state index in [9.17, 15) is 25.3 Å². The van der Waals surface area contributed by atoms with Crippen molar-refractivity contribution in [2.24, 2.45) is 15.4 Å². The molecule has 0 aromatic heterocycles. The van der Waals surface area contributed by atoms with E-state index in [0.717, 1.165) is 0 Å². The quantitative estimate of drug-likeness (QED) is 0.303. The second-order valence-corrected chi connectivity index (χ2v) is 12.3. The van der Waals surface area contributed by atoms with Gasteiger partial charge in [0.2, 0.25) is 0 Å². The third-order valence-electron chi connectivity index (χ3n) is 0.494. The summed E-state index contributed by atoms with van der Waals surface area (Å²) >= 11 is -4.93. The van der Waals surface area contributed by atoms with Crippen LogP contribution in [0.15, 0.2) is 0 Å². The molecule has 0 aromatic carbocycles. The van der Waals surface area contributed by atoms with Gasteiger partial charge in [-0.3, -0.25) is 0 Å². The number of hydrogen-bond acceptors (Lipinski definition) is 9. The molecule has 0 aliphatic rings. The fraction of sp³-hybridized carbons (Fsp3) is 0. The van der Waals surface area contributed by atoms with E-state index < -0.39 is 54.0 Å². The number of hydrogen-bond donors (Lipinski definition) is 3. The Bertz CT molecular complexity index is 446. The first kappa shape index (κ1) is 16.5. The van der Waals surface area contributed by atoms with Gasteiger partial charge in [-0.2, -0.15) is 0 Å². The standard InChI is InChI=1S/Bi.3H3NO3S/c;3*1-5(2,3)4/h;3*(H3,1,2,3,4)/q+3;;;/p-3. The van der Waals surface area contributed by atoms with Crippen LogP contribution < -0.4 is 15.4 Å². The summed E-state index contributed by atoms with van der Waals surface area (Å²) in [6.45, 7) is 0. The van der Waals surface area contributed by atoms with Crippen LogP contribution in [0.1, 0.15) is 0 Å². The second-order valence-electron chi connectivity index (χ2n) is 1.93. The van der Waals surface area contributed by atoms with E-state index >= 15 is 0 Å². The molecule has 0 aliphatic heterocycles. The van der Waals surface area contributed by atoms with Gasteiger partial charge in [0.05, 0.1) is 0 Å². The van der Waals surface area contributed by atoms with Crippen molar-refractivity contribution in [1.29, 1.82) is 0 Å². The summed E-state index contributed by atoms with van der Waals surface area (Å²) in [4.78, 5) is 0. The minimum atomic E-state index is -4.93. The van der Waals surface area contributed by atoms with Crippen molar-refractivity contribution in [3.63, 3.8) is 0 Å². The van der Waals surface area contributed by atoms with Crippen molar-refractivity contribution in [1.82, 2.24) is 0 Å². The van der Waals surface area contributed by atoms with Crippen LogP contribution in [0.5, 0.6) is 0 Å². The van der Waals surface area contributed by atoms with Gasteiger partial charge in [0.15, 0.2) is 0 Å². The monoisotopic (exact) mass is 497 g/mol. The summed E-state index contributed by atoms with van der Waals surface area (Å²) in [5, 5.41) is 13.0. The molecule has 0 rings (SSSR count). The maximum absolute atomic E-state index is 10.4. The zero-order valence-corrected chi connectivity index (χ0v) is 13.0. The normalized spacial score (nSPS) is 14.2. The first-order valence-corrected chi connectivity index (χ1v) is 11.4. The Morgan fingerprint density at radius 2 is 0.812 bits per heavy atom. The molecule has 0 bridgehead atoms. The van der Waals surface area contributed by atoms with E-state index in [0.29, 0.717) is 0 Å². The molecule has 16 heavy (non-hydrogen) atoms. The van der Waals surface area contributed by atoms with Gasteiger partial charge in [0, 0.05) is 0 Å². The maximum atomic E-state index is 10.4. The zero-order valence-electron chi connectivity index (χ0n) is 7.08. The van der Waals surface area contributed by atoms with Crippen LogP contribution >= 0.6 is 0 Å². The summed E-state index contributed by atoms with van der Waals surface area (Å²) in [6.07, 6.45) is 0. The summed E-state index contributed by atoms with van der Waals surface area (Å²) in [5.74, 6) is 0.